The normalized spacial score (nSPS) is 13.8. The molecule has 0 fully saturated rings. The first kappa shape index (κ1) is 58.5. The first-order valence-electron chi connectivity index (χ1n) is 26.2. The maximum Gasteiger partial charge on any atom is 0.472 e. The van der Waals surface area contributed by atoms with Crippen molar-refractivity contribution < 1.29 is 28.4 Å². The van der Waals surface area contributed by atoms with Gasteiger partial charge in [0.25, 0.3) is 0 Å². The summed E-state index contributed by atoms with van der Waals surface area (Å²) >= 11 is 0. The van der Waals surface area contributed by atoms with Crippen LogP contribution in [-0.4, -0.2) is 47.8 Å². The summed E-state index contributed by atoms with van der Waals surface area (Å²) in [6, 6.07) is -0.769. The quantitative estimate of drug-likeness (QED) is 0.0354. The number of carbonyl (C=O) groups excluding carboxylic acids is 1. The lowest BCUT2D eigenvalue weighted by atomic mass is 10.0. The zero-order valence-corrected chi connectivity index (χ0v) is 40.4. The van der Waals surface area contributed by atoms with Crippen LogP contribution in [-0.2, 0) is 18.4 Å². The summed E-state index contributed by atoms with van der Waals surface area (Å²) in [5.41, 5.74) is 5.40. The summed E-state index contributed by atoms with van der Waals surface area (Å²) in [5, 5.41) is 13.9. The zero-order chi connectivity index (χ0) is 43.2. The largest absolute Gasteiger partial charge is 0.472 e. The Kier molecular flexibility index (Phi) is 46.6. The molecule has 3 unspecified atom stereocenters. The number of carbonyl (C=O) groups is 1. The van der Waals surface area contributed by atoms with Gasteiger partial charge < -0.3 is 21.1 Å². The number of nitrogens with two attached hydrogens (primary N) is 1. The molecular formula is C50H103N2O6P. The van der Waals surface area contributed by atoms with Gasteiger partial charge in [-0.05, 0) is 12.8 Å². The van der Waals surface area contributed by atoms with E-state index in [2.05, 4.69) is 19.2 Å². The van der Waals surface area contributed by atoms with Gasteiger partial charge in [0.2, 0.25) is 5.91 Å². The molecule has 0 aliphatic heterocycles. The van der Waals surface area contributed by atoms with Crippen molar-refractivity contribution in [3.05, 3.63) is 0 Å². The molecule has 0 aliphatic carbocycles. The van der Waals surface area contributed by atoms with Crippen molar-refractivity contribution in [2.75, 3.05) is 19.8 Å². The first-order chi connectivity index (χ1) is 28.9. The van der Waals surface area contributed by atoms with Crippen molar-refractivity contribution in [2.45, 2.75) is 296 Å². The van der Waals surface area contributed by atoms with E-state index in [1.54, 1.807) is 0 Å². The number of nitrogens with one attached hydrogen (secondary N) is 1. The fourth-order valence-electron chi connectivity index (χ4n) is 8.26. The number of aliphatic hydroxyl groups excluding tert-OH is 1. The van der Waals surface area contributed by atoms with Gasteiger partial charge in [0.05, 0.1) is 25.4 Å². The Morgan fingerprint density at radius 1 is 0.492 bits per heavy atom. The smallest absolute Gasteiger partial charge is 0.391 e. The number of aliphatic hydroxyl groups is 1. The van der Waals surface area contributed by atoms with E-state index in [1.165, 1.54) is 218 Å². The Labute approximate surface area is 367 Å². The van der Waals surface area contributed by atoms with Gasteiger partial charge in [0.15, 0.2) is 0 Å². The van der Waals surface area contributed by atoms with Crippen LogP contribution in [0.5, 0.6) is 0 Å². The standard InChI is InChI=1S/C50H103N2O6P/c1-3-5-7-9-11-13-15-17-19-21-23-25-27-29-31-33-35-37-39-41-43-49(53)48(47-58-59(55,56)57-46-45-51)52-50(54)44-42-40-38-36-34-32-30-28-26-24-22-20-18-16-14-12-10-8-6-4-2/h48-49,53H,3-47,51H2,1-2H3,(H,52,54)(H,55,56). The third-order valence-corrected chi connectivity index (χ3v) is 13.2. The highest BCUT2D eigenvalue weighted by molar-refractivity contribution is 7.47. The summed E-state index contributed by atoms with van der Waals surface area (Å²) in [6.07, 6.45) is 52.7. The van der Waals surface area contributed by atoms with E-state index < -0.39 is 20.0 Å². The fraction of sp³-hybridized carbons (Fsp3) is 0.980. The number of amides is 1. The SMILES string of the molecule is CCCCCCCCCCCCCCCCCCCCCCC(=O)NC(COP(=O)(O)OCCN)C(O)CCCCCCCCCCCCCCCCCCCCCC. The highest BCUT2D eigenvalue weighted by atomic mass is 31.2. The Balaban J connectivity index is 4.00. The highest BCUT2D eigenvalue weighted by Gasteiger charge is 2.27. The van der Waals surface area contributed by atoms with E-state index in [9.17, 15) is 19.4 Å². The highest BCUT2D eigenvalue weighted by Crippen LogP contribution is 2.43. The van der Waals surface area contributed by atoms with Crippen LogP contribution in [0.1, 0.15) is 284 Å². The number of phosphoric acid groups is 1. The molecule has 0 rings (SSSR count). The van der Waals surface area contributed by atoms with Crippen LogP contribution in [0.3, 0.4) is 0 Å². The molecule has 9 heteroatoms. The van der Waals surface area contributed by atoms with Crippen molar-refractivity contribution in [3.63, 3.8) is 0 Å². The molecule has 0 aromatic rings. The number of hydrogen-bond donors (Lipinski definition) is 4. The van der Waals surface area contributed by atoms with Crippen LogP contribution in [0, 0.1) is 0 Å². The molecule has 0 aromatic carbocycles. The van der Waals surface area contributed by atoms with E-state index in [1.807, 2.05) is 0 Å². The molecule has 5 N–H and O–H groups in total. The van der Waals surface area contributed by atoms with Crippen molar-refractivity contribution >= 4 is 13.7 Å². The average molecular weight is 859 g/mol. The lowest BCUT2D eigenvalue weighted by Crippen LogP contribution is -2.46. The number of unbranched alkanes of at least 4 members (excludes halogenated alkanes) is 38. The molecule has 0 aromatic heterocycles. The second-order valence-electron chi connectivity index (χ2n) is 18.1. The number of hydrogen-bond acceptors (Lipinski definition) is 6. The topological polar surface area (TPSA) is 131 Å². The Morgan fingerprint density at radius 2 is 0.780 bits per heavy atom. The van der Waals surface area contributed by atoms with Gasteiger partial charge in [0.1, 0.15) is 0 Å². The summed E-state index contributed by atoms with van der Waals surface area (Å²) in [7, 11) is -4.32. The van der Waals surface area contributed by atoms with E-state index in [-0.39, 0.29) is 25.7 Å². The Hall–Kier alpha value is -0.500. The van der Waals surface area contributed by atoms with E-state index in [4.69, 9.17) is 14.8 Å². The molecule has 8 nitrogen and oxygen atoms in total. The summed E-state index contributed by atoms with van der Waals surface area (Å²) in [5.74, 6) is -0.154. The predicted octanol–water partition coefficient (Wildman–Crippen LogP) is 15.3. The average Bonchev–Trinajstić information content (AvgIpc) is 3.22. The van der Waals surface area contributed by atoms with Crippen molar-refractivity contribution in [1.82, 2.24) is 5.32 Å². The fourth-order valence-corrected chi connectivity index (χ4v) is 9.02. The molecule has 354 valence electrons. The predicted molar refractivity (Wildman–Crippen MR) is 254 cm³/mol. The van der Waals surface area contributed by atoms with Crippen LogP contribution in [0.25, 0.3) is 0 Å². The van der Waals surface area contributed by atoms with Crippen molar-refractivity contribution in [2.24, 2.45) is 5.73 Å². The molecule has 3 atom stereocenters. The van der Waals surface area contributed by atoms with Crippen LogP contribution >= 0.6 is 7.82 Å². The summed E-state index contributed by atoms with van der Waals surface area (Å²) in [6.45, 7) is 4.27. The molecule has 0 heterocycles. The third-order valence-electron chi connectivity index (χ3n) is 12.2. The van der Waals surface area contributed by atoms with Gasteiger partial charge in [0, 0.05) is 13.0 Å². The summed E-state index contributed by atoms with van der Waals surface area (Å²) < 4.78 is 22.3. The lowest BCUT2D eigenvalue weighted by Gasteiger charge is -2.25. The molecule has 1 amide bonds. The summed E-state index contributed by atoms with van der Waals surface area (Å²) in [4.78, 5) is 22.9. The van der Waals surface area contributed by atoms with Gasteiger partial charge >= 0.3 is 7.82 Å². The van der Waals surface area contributed by atoms with Gasteiger partial charge in [-0.3, -0.25) is 13.8 Å². The van der Waals surface area contributed by atoms with Crippen LogP contribution in [0.2, 0.25) is 0 Å². The van der Waals surface area contributed by atoms with Gasteiger partial charge in [-0.1, -0.05) is 264 Å². The molecule has 0 bridgehead atoms. The number of rotatable bonds is 50. The van der Waals surface area contributed by atoms with E-state index in [0.29, 0.717) is 12.8 Å². The Morgan fingerprint density at radius 3 is 1.08 bits per heavy atom. The maximum absolute atomic E-state index is 12.8. The number of phosphoric ester groups is 1. The second kappa shape index (κ2) is 47.0. The van der Waals surface area contributed by atoms with Crippen molar-refractivity contribution in [1.29, 1.82) is 0 Å². The van der Waals surface area contributed by atoms with Crippen LogP contribution in [0.4, 0.5) is 0 Å². The van der Waals surface area contributed by atoms with Gasteiger partial charge in [-0.2, -0.15) is 0 Å². The second-order valence-corrected chi connectivity index (χ2v) is 19.6. The van der Waals surface area contributed by atoms with E-state index in [0.717, 1.165) is 38.5 Å². The van der Waals surface area contributed by atoms with Crippen LogP contribution in [0.15, 0.2) is 0 Å². The molecule has 59 heavy (non-hydrogen) atoms. The monoisotopic (exact) mass is 859 g/mol. The molecule has 0 radical (unpaired) electrons. The van der Waals surface area contributed by atoms with E-state index >= 15 is 0 Å². The maximum atomic E-state index is 12.8. The zero-order valence-electron chi connectivity index (χ0n) is 39.5. The molecule has 0 aliphatic rings. The third kappa shape index (κ3) is 45.3. The van der Waals surface area contributed by atoms with Crippen LogP contribution < -0.4 is 11.1 Å². The molecular weight excluding hydrogens is 756 g/mol. The lowest BCUT2D eigenvalue weighted by molar-refractivity contribution is -0.123. The first-order valence-corrected chi connectivity index (χ1v) is 27.6. The Bertz CT molecular complexity index is 895. The molecule has 0 saturated heterocycles. The van der Waals surface area contributed by atoms with Crippen molar-refractivity contribution in [3.8, 4) is 0 Å². The molecule has 0 saturated carbocycles. The van der Waals surface area contributed by atoms with Gasteiger partial charge in [-0.25, -0.2) is 4.57 Å². The minimum absolute atomic E-state index is 0.0929. The molecule has 0 spiro atoms. The minimum atomic E-state index is -4.32. The van der Waals surface area contributed by atoms with Gasteiger partial charge in [-0.15, -0.1) is 0 Å². The minimum Gasteiger partial charge on any atom is -0.391 e.